The maximum absolute atomic E-state index is 13.7. The van der Waals surface area contributed by atoms with Gasteiger partial charge in [0.15, 0.2) is 0 Å². The fraction of sp³-hybridized carbons (Fsp3) is 0.154. The van der Waals surface area contributed by atoms with E-state index in [2.05, 4.69) is 0 Å². The first-order valence-electron chi connectivity index (χ1n) is 10.4. The molecule has 0 amide bonds. The number of carboxylic acids is 1. The number of carbonyl (C=O) groups is 2. The highest BCUT2D eigenvalue weighted by Gasteiger charge is 2.33. The van der Waals surface area contributed by atoms with Crippen molar-refractivity contribution in [3.8, 4) is 11.1 Å². The lowest BCUT2D eigenvalue weighted by atomic mass is 9.86. The lowest BCUT2D eigenvalue weighted by Gasteiger charge is -2.20. The summed E-state index contributed by atoms with van der Waals surface area (Å²) in [5, 5.41) is 11.5. The summed E-state index contributed by atoms with van der Waals surface area (Å²) >= 11 is 12.8. The Morgan fingerprint density at radius 3 is 2.34 bits per heavy atom. The number of aliphatic carboxylic acids is 1. The van der Waals surface area contributed by atoms with Gasteiger partial charge in [0.25, 0.3) is 5.91 Å². The number of hydrogen-bond donors (Lipinski definition) is 1. The Bertz CT molecular complexity index is 1360. The first kappa shape index (κ1) is 20.8. The molecular weight excluding hydrogens is 445 g/mol. The van der Waals surface area contributed by atoms with Crippen molar-refractivity contribution in [3.63, 3.8) is 0 Å². The van der Waals surface area contributed by atoms with E-state index in [0.29, 0.717) is 40.4 Å². The number of benzene rings is 3. The second-order valence-corrected chi connectivity index (χ2v) is 8.88. The largest absolute Gasteiger partial charge is 0.481 e. The predicted molar refractivity (Wildman–Crippen MR) is 127 cm³/mol. The third-order valence-electron chi connectivity index (χ3n) is 6.18. The van der Waals surface area contributed by atoms with Crippen LogP contribution in [0.15, 0.2) is 66.7 Å². The normalized spacial score (nSPS) is 15.5. The van der Waals surface area contributed by atoms with Crippen LogP contribution in [-0.2, 0) is 17.6 Å². The quantitative estimate of drug-likeness (QED) is 0.377. The fourth-order valence-electron chi connectivity index (χ4n) is 4.65. The summed E-state index contributed by atoms with van der Waals surface area (Å²) in [4.78, 5) is 25.5. The van der Waals surface area contributed by atoms with E-state index >= 15 is 0 Å². The fourth-order valence-corrected chi connectivity index (χ4v) is 5.04. The zero-order valence-corrected chi connectivity index (χ0v) is 18.5. The predicted octanol–water partition coefficient (Wildman–Crippen LogP) is 6.49. The van der Waals surface area contributed by atoms with Crippen LogP contribution < -0.4 is 0 Å². The second-order valence-electron chi connectivity index (χ2n) is 8.04. The van der Waals surface area contributed by atoms with Gasteiger partial charge in [-0.05, 0) is 60.7 Å². The number of fused-ring (bicyclic) bond motifs is 3. The van der Waals surface area contributed by atoms with E-state index in [9.17, 15) is 14.7 Å². The molecule has 3 aromatic carbocycles. The zero-order chi connectivity index (χ0) is 22.4. The topological polar surface area (TPSA) is 59.3 Å². The van der Waals surface area contributed by atoms with Crippen LogP contribution in [0.4, 0.5) is 0 Å². The smallest absolute Gasteiger partial charge is 0.306 e. The highest BCUT2D eigenvalue weighted by molar-refractivity contribution is 6.36. The van der Waals surface area contributed by atoms with Crippen LogP contribution in [0.2, 0.25) is 10.0 Å². The zero-order valence-electron chi connectivity index (χ0n) is 17.0. The molecule has 4 nitrogen and oxygen atoms in total. The van der Waals surface area contributed by atoms with Crippen LogP contribution >= 0.6 is 23.2 Å². The van der Waals surface area contributed by atoms with E-state index in [0.717, 1.165) is 27.8 Å². The molecule has 0 spiro atoms. The minimum atomic E-state index is -0.823. The standard InChI is InChI=1S/C26H19Cl2NO3/c27-18-9-6-15(7-10-18)19-11-12-21(28)23-20-14-17(26(31)32)8-13-22(20)29(24(19)23)25(30)16-4-2-1-3-5-16/h1-7,9-12,17H,8,13-14H2,(H,31,32). The van der Waals surface area contributed by atoms with Gasteiger partial charge in [0.2, 0.25) is 0 Å². The van der Waals surface area contributed by atoms with Crippen molar-refractivity contribution in [2.45, 2.75) is 19.3 Å². The van der Waals surface area contributed by atoms with Gasteiger partial charge in [-0.2, -0.15) is 0 Å². The Morgan fingerprint density at radius 2 is 1.66 bits per heavy atom. The molecule has 0 radical (unpaired) electrons. The van der Waals surface area contributed by atoms with Crippen LogP contribution in [0.25, 0.3) is 22.0 Å². The third-order valence-corrected chi connectivity index (χ3v) is 6.75. The lowest BCUT2D eigenvalue weighted by Crippen LogP contribution is -2.24. The second kappa shape index (κ2) is 8.12. The molecule has 6 heteroatoms. The molecule has 1 aromatic heterocycles. The van der Waals surface area contributed by atoms with Gasteiger partial charge in [-0.25, -0.2) is 0 Å². The highest BCUT2D eigenvalue weighted by Crippen LogP contribution is 2.42. The van der Waals surface area contributed by atoms with Crippen LogP contribution in [0.3, 0.4) is 0 Å². The molecule has 0 saturated carbocycles. The first-order valence-corrected chi connectivity index (χ1v) is 11.1. The van der Waals surface area contributed by atoms with E-state index in [1.165, 1.54) is 0 Å². The number of aromatic nitrogens is 1. The average Bonchev–Trinajstić information content (AvgIpc) is 3.15. The van der Waals surface area contributed by atoms with Crippen LogP contribution in [-0.4, -0.2) is 21.6 Å². The van der Waals surface area contributed by atoms with Crippen molar-refractivity contribution in [2.75, 3.05) is 0 Å². The van der Waals surface area contributed by atoms with Gasteiger partial charge in [0.1, 0.15) is 0 Å². The molecule has 1 atom stereocenters. The van der Waals surface area contributed by atoms with Gasteiger partial charge in [-0.3, -0.25) is 14.2 Å². The molecule has 1 heterocycles. The monoisotopic (exact) mass is 463 g/mol. The Morgan fingerprint density at radius 1 is 0.938 bits per heavy atom. The van der Waals surface area contributed by atoms with Crippen molar-refractivity contribution in [3.05, 3.63) is 93.6 Å². The number of hydrogen-bond acceptors (Lipinski definition) is 2. The maximum Gasteiger partial charge on any atom is 0.306 e. The molecule has 0 aliphatic heterocycles. The van der Waals surface area contributed by atoms with Crippen LogP contribution in [0.1, 0.15) is 28.0 Å². The molecule has 32 heavy (non-hydrogen) atoms. The molecular formula is C26H19Cl2NO3. The molecule has 1 N–H and O–H groups in total. The Balaban J connectivity index is 1.84. The minimum Gasteiger partial charge on any atom is -0.481 e. The Hall–Kier alpha value is -3.08. The first-order chi connectivity index (χ1) is 15.5. The number of rotatable bonds is 3. The molecule has 1 aliphatic carbocycles. The van der Waals surface area contributed by atoms with E-state index in [-0.39, 0.29) is 5.91 Å². The Kier molecular flexibility index (Phi) is 5.28. The van der Waals surface area contributed by atoms with Crippen molar-refractivity contribution in [2.24, 2.45) is 5.92 Å². The number of halogens is 2. The molecule has 1 aliphatic rings. The van der Waals surface area contributed by atoms with Crippen molar-refractivity contribution >= 4 is 46.0 Å². The van der Waals surface area contributed by atoms with E-state index in [1.807, 2.05) is 54.6 Å². The van der Waals surface area contributed by atoms with Crippen molar-refractivity contribution < 1.29 is 14.7 Å². The molecule has 160 valence electrons. The van der Waals surface area contributed by atoms with E-state index < -0.39 is 11.9 Å². The summed E-state index contributed by atoms with van der Waals surface area (Å²) in [5.74, 6) is -1.47. The summed E-state index contributed by atoms with van der Waals surface area (Å²) in [5.41, 5.74) is 4.73. The molecule has 0 bridgehead atoms. The molecule has 0 saturated heterocycles. The molecule has 1 unspecified atom stereocenters. The van der Waals surface area contributed by atoms with Gasteiger partial charge in [0, 0.05) is 27.2 Å². The van der Waals surface area contributed by atoms with Crippen molar-refractivity contribution in [1.82, 2.24) is 4.57 Å². The summed E-state index contributed by atoms with van der Waals surface area (Å²) in [6.45, 7) is 0. The van der Waals surface area contributed by atoms with E-state index in [1.54, 1.807) is 16.7 Å². The van der Waals surface area contributed by atoms with E-state index in [4.69, 9.17) is 23.2 Å². The van der Waals surface area contributed by atoms with Gasteiger partial charge in [-0.1, -0.05) is 59.6 Å². The number of carboxylic acid groups (broad SMARTS) is 1. The molecule has 4 aromatic rings. The SMILES string of the molecule is O=C(O)C1CCc2c(c3c(Cl)ccc(-c4ccc(Cl)cc4)c3n2C(=O)c2ccccc2)C1. The van der Waals surface area contributed by atoms with Crippen molar-refractivity contribution in [1.29, 1.82) is 0 Å². The summed E-state index contributed by atoms with van der Waals surface area (Å²) < 4.78 is 1.74. The minimum absolute atomic E-state index is 0.150. The van der Waals surface area contributed by atoms with Crippen LogP contribution in [0.5, 0.6) is 0 Å². The van der Waals surface area contributed by atoms with Gasteiger partial charge in [-0.15, -0.1) is 0 Å². The number of carbonyl (C=O) groups excluding carboxylic acids is 1. The Labute approximate surface area is 195 Å². The summed E-state index contributed by atoms with van der Waals surface area (Å²) in [6.07, 6.45) is 1.32. The molecule has 5 rings (SSSR count). The number of nitrogens with zero attached hydrogens (tertiary/aromatic N) is 1. The average molecular weight is 464 g/mol. The molecule has 0 fully saturated rings. The van der Waals surface area contributed by atoms with Gasteiger partial charge in [0.05, 0.1) is 16.5 Å². The maximum atomic E-state index is 13.7. The van der Waals surface area contributed by atoms with Crippen LogP contribution in [0, 0.1) is 5.92 Å². The summed E-state index contributed by atoms with van der Waals surface area (Å²) in [7, 11) is 0. The highest BCUT2D eigenvalue weighted by atomic mass is 35.5. The third kappa shape index (κ3) is 3.40. The summed E-state index contributed by atoms with van der Waals surface area (Å²) in [6, 6.07) is 20.3. The van der Waals surface area contributed by atoms with Gasteiger partial charge >= 0.3 is 5.97 Å². The van der Waals surface area contributed by atoms with Gasteiger partial charge < -0.3 is 5.11 Å². The lowest BCUT2D eigenvalue weighted by molar-refractivity contribution is -0.142.